The number of nitrogens with zero attached hydrogens (tertiary/aromatic N) is 2. The molecule has 0 N–H and O–H groups in total. The molecule has 20 heteroatoms. The first kappa shape index (κ1) is 64.2. The number of carbonyl (C=O) groups is 6. The predicted octanol–water partition coefficient (Wildman–Crippen LogP) is 3.36. The Morgan fingerprint density at radius 1 is 0.420 bits per heavy atom. The van der Waals surface area contributed by atoms with Crippen LogP contribution in [0.2, 0.25) is 0 Å². The zero-order chi connectivity index (χ0) is 50.7. The average Bonchev–Trinajstić information content (AvgIpc) is 3.79. The molecule has 0 aromatic heterocycles. The Morgan fingerprint density at radius 3 is 0.928 bits per heavy atom. The van der Waals surface area contributed by atoms with Gasteiger partial charge in [-0.2, -0.15) is 0 Å². The van der Waals surface area contributed by atoms with Gasteiger partial charge in [0.15, 0.2) is 0 Å². The highest BCUT2D eigenvalue weighted by Crippen LogP contribution is 2.27. The van der Waals surface area contributed by atoms with Crippen LogP contribution in [-0.4, -0.2) is 217 Å². The Labute approximate surface area is 411 Å². The van der Waals surface area contributed by atoms with Crippen LogP contribution in [0.3, 0.4) is 0 Å². The molecule has 0 saturated carbocycles. The number of rotatable bonds is 47. The second-order valence-corrected chi connectivity index (χ2v) is 17.0. The average molecular weight is 993 g/mol. The Bertz CT molecular complexity index is 1350. The van der Waals surface area contributed by atoms with E-state index in [1.807, 2.05) is 34.6 Å². The van der Waals surface area contributed by atoms with Crippen molar-refractivity contribution in [2.24, 2.45) is 23.7 Å². The Hall–Kier alpha value is -2.86. The molecule has 20 nitrogen and oxygen atoms in total. The van der Waals surface area contributed by atoms with Gasteiger partial charge in [-0.3, -0.25) is 38.6 Å². The van der Waals surface area contributed by atoms with E-state index in [0.717, 1.165) is 0 Å². The number of likely N-dealkylation sites (tertiary alicyclic amines) is 2. The molecule has 2 aliphatic heterocycles. The highest BCUT2D eigenvalue weighted by molar-refractivity contribution is 6.04. The van der Waals surface area contributed by atoms with Crippen molar-refractivity contribution < 1.29 is 85.6 Å². The highest BCUT2D eigenvalue weighted by atomic mass is 16.6. The molecular weight excluding hydrogens is 905 g/mol. The number of hydrogen-bond donors (Lipinski definition) is 0. The van der Waals surface area contributed by atoms with Gasteiger partial charge in [-0.05, 0) is 31.6 Å². The first-order valence-corrected chi connectivity index (χ1v) is 25.0. The molecule has 4 amide bonds. The van der Waals surface area contributed by atoms with Crippen molar-refractivity contribution in [3.05, 3.63) is 0 Å². The van der Waals surface area contributed by atoms with Crippen LogP contribution in [0.5, 0.6) is 0 Å². The molecule has 2 heterocycles. The molecule has 2 unspecified atom stereocenters. The van der Waals surface area contributed by atoms with Crippen molar-refractivity contribution in [2.45, 2.75) is 86.0 Å². The summed E-state index contributed by atoms with van der Waals surface area (Å²) in [4.78, 5) is 75.0. The largest absolute Gasteiger partial charge is 0.382 e. The van der Waals surface area contributed by atoms with Gasteiger partial charge in [-0.25, -0.2) is 0 Å². The summed E-state index contributed by atoms with van der Waals surface area (Å²) in [6.07, 6.45) is 2.90. The van der Waals surface area contributed by atoms with E-state index in [2.05, 4.69) is 0 Å². The predicted molar refractivity (Wildman–Crippen MR) is 254 cm³/mol. The molecule has 2 saturated heterocycles. The standard InChI is InChI=1S/C27H49NO10.C22H39NO8/c1-4-32-10-11-34-14-15-36-18-19-38-21-20-37-17-16-35-13-12-33-9-5-6-24(29)7-8-28-26(30)22-25(23(2)3)27(28)31;1-18(2)20-17-21(25)23(22(20)26)7-6-19(24)5-4-8-28-11-12-30-15-16-31-14-13-29-10-9-27-3/h23,25H,4-22H2,1-3H3;18,20H,4-17H2,1-3H3. The van der Waals surface area contributed by atoms with Crippen molar-refractivity contribution in [2.75, 3.05) is 172 Å². The van der Waals surface area contributed by atoms with Crippen LogP contribution >= 0.6 is 0 Å². The first-order chi connectivity index (χ1) is 33.4. The molecule has 0 aliphatic carbocycles. The molecule has 0 aromatic rings. The lowest BCUT2D eigenvalue weighted by atomic mass is 9.94. The summed E-state index contributed by atoms with van der Waals surface area (Å²) in [5.74, 6) is -0.785. The van der Waals surface area contributed by atoms with Gasteiger partial charge in [0.2, 0.25) is 23.6 Å². The van der Waals surface area contributed by atoms with E-state index in [1.165, 1.54) is 9.80 Å². The molecule has 2 fully saturated rings. The van der Waals surface area contributed by atoms with E-state index < -0.39 is 0 Å². The van der Waals surface area contributed by atoms with Gasteiger partial charge >= 0.3 is 0 Å². The number of ketones is 2. The fourth-order valence-electron chi connectivity index (χ4n) is 6.76. The number of carbonyl (C=O) groups excluding carboxylic acids is 6. The van der Waals surface area contributed by atoms with E-state index in [1.54, 1.807) is 7.11 Å². The Balaban J connectivity index is 0.000000704. The maximum Gasteiger partial charge on any atom is 0.233 e. The Kier molecular flexibility index (Phi) is 40.8. The van der Waals surface area contributed by atoms with Gasteiger partial charge in [0.1, 0.15) is 11.6 Å². The van der Waals surface area contributed by atoms with Crippen LogP contribution in [-0.2, 0) is 85.6 Å². The smallest absolute Gasteiger partial charge is 0.233 e. The minimum Gasteiger partial charge on any atom is -0.382 e. The molecule has 2 rings (SSSR count). The topological polar surface area (TPSA) is 220 Å². The second-order valence-electron chi connectivity index (χ2n) is 17.0. The third kappa shape index (κ3) is 33.4. The first-order valence-electron chi connectivity index (χ1n) is 25.0. The molecular formula is C49H88N2O18. The molecule has 2 atom stereocenters. The van der Waals surface area contributed by atoms with Crippen molar-refractivity contribution in [3.63, 3.8) is 0 Å². The van der Waals surface area contributed by atoms with Gasteiger partial charge in [0.05, 0.1) is 132 Å². The van der Waals surface area contributed by atoms with E-state index >= 15 is 0 Å². The fraction of sp³-hybridized carbons (Fsp3) is 0.878. The lowest BCUT2D eigenvalue weighted by Gasteiger charge is -2.16. The summed E-state index contributed by atoms with van der Waals surface area (Å²) < 4.78 is 64.1. The quantitative estimate of drug-likeness (QED) is 0.0630. The highest BCUT2D eigenvalue weighted by Gasteiger charge is 2.40. The zero-order valence-electron chi connectivity index (χ0n) is 42.9. The number of amides is 4. The van der Waals surface area contributed by atoms with Gasteiger partial charge in [0.25, 0.3) is 0 Å². The van der Waals surface area contributed by atoms with Crippen molar-refractivity contribution >= 4 is 35.2 Å². The maximum absolute atomic E-state index is 12.3. The van der Waals surface area contributed by atoms with E-state index in [4.69, 9.17) is 56.8 Å². The zero-order valence-corrected chi connectivity index (χ0v) is 42.9. The monoisotopic (exact) mass is 993 g/mol. The number of ether oxygens (including phenoxy) is 12. The van der Waals surface area contributed by atoms with Crippen LogP contribution in [0.15, 0.2) is 0 Å². The summed E-state index contributed by atoms with van der Waals surface area (Å²) >= 11 is 0. The summed E-state index contributed by atoms with van der Waals surface area (Å²) in [6, 6.07) is 0. The molecule has 0 bridgehead atoms. The van der Waals surface area contributed by atoms with Crippen LogP contribution in [0.1, 0.15) is 86.0 Å². The number of hydrogen-bond acceptors (Lipinski definition) is 18. The molecule has 0 aromatic carbocycles. The maximum atomic E-state index is 12.3. The molecule has 69 heavy (non-hydrogen) atoms. The lowest BCUT2D eigenvalue weighted by molar-refractivity contribution is -0.142. The van der Waals surface area contributed by atoms with Gasteiger partial charge in [-0.15, -0.1) is 0 Å². The third-order valence-corrected chi connectivity index (χ3v) is 10.9. The second kappa shape index (κ2) is 43.9. The van der Waals surface area contributed by atoms with Crippen molar-refractivity contribution in [1.29, 1.82) is 0 Å². The van der Waals surface area contributed by atoms with Gasteiger partial charge in [-0.1, -0.05) is 27.7 Å². The van der Waals surface area contributed by atoms with Gasteiger partial charge in [0, 0.05) is 90.4 Å². The third-order valence-electron chi connectivity index (χ3n) is 10.9. The SMILES string of the molecule is CCOCCOCCOCCOCCOCCOCCOCCCC(=O)CCN1C(=O)CC(C(C)C)C1=O.COCCOCCOCCOCCOCCCC(=O)CCN1C(=O)CC(C(C)C)C1=O. The minimum atomic E-state index is -0.252. The summed E-state index contributed by atoms with van der Waals surface area (Å²) in [6.45, 7) is 22.0. The number of methoxy groups -OCH3 is 1. The van der Waals surface area contributed by atoms with E-state index in [-0.39, 0.29) is 97.6 Å². The van der Waals surface area contributed by atoms with Gasteiger partial charge < -0.3 is 56.8 Å². The van der Waals surface area contributed by atoms with Crippen molar-refractivity contribution in [1.82, 2.24) is 9.80 Å². The van der Waals surface area contributed by atoms with Crippen molar-refractivity contribution in [3.8, 4) is 0 Å². The number of Topliss-reactive ketones (excluding diaryl/α,β-unsaturated/α-hetero) is 2. The summed E-state index contributed by atoms with van der Waals surface area (Å²) in [5.41, 5.74) is 0. The van der Waals surface area contributed by atoms with Crippen LogP contribution in [0.25, 0.3) is 0 Å². The molecule has 402 valence electrons. The van der Waals surface area contributed by atoms with E-state index in [9.17, 15) is 28.8 Å². The van der Waals surface area contributed by atoms with E-state index in [0.29, 0.717) is 178 Å². The lowest BCUT2D eigenvalue weighted by Crippen LogP contribution is -2.33. The minimum absolute atomic E-state index is 0.0331. The fourth-order valence-corrected chi connectivity index (χ4v) is 6.76. The molecule has 2 aliphatic rings. The van der Waals surface area contributed by atoms with Crippen LogP contribution in [0.4, 0.5) is 0 Å². The number of imide groups is 2. The molecule has 0 radical (unpaired) electrons. The van der Waals surface area contributed by atoms with Crippen LogP contribution in [0, 0.1) is 23.7 Å². The Morgan fingerprint density at radius 2 is 0.681 bits per heavy atom. The summed E-state index contributed by atoms with van der Waals surface area (Å²) in [7, 11) is 1.63. The normalized spacial score (nSPS) is 16.2. The summed E-state index contributed by atoms with van der Waals surface area (Å²) in [5, 5.41) is 0. The molecule has 0 spiro atoms. The van der Waals surface area contributed by atoms with Crippen LogP contribution < -0.4 is 0 Å².